The van der Waals surface area contributed by atoms with Crippen LogP contribution < -0.4 is 10.9 Å². The number of rotatable bonds is 1. The first-order chi connectivity index (χ1) is 12.2. The van der Waals surface area contributed by atoms with Gasteiger partial charge in [-0.25, -0.2) is 4.98 Å². The summed E-state index contributed by atoms with van der Waals surface area (Å²) in [7, 11) is 0. The average Bonchev–Trinajstić information content (AvgIpc) is 2.54. The van der Waals surface area contributed by atoms with E-state index in [0.29, 0.717) is 28.7 Å². The van der Waals surface area contributed by atoms with Gasteiger partial charge in [-0.05, 0) is 46.2 Å². The lowest BCUT2D eigenvalue weighted by atomic mass is 9.97. The van der Waals surface area contributed by atoms with Crippen molar-refractivity contribution in [1.29, 1.82) is 0 Å². The smallest absolute Gasteiger partial charge is 0.262 e. The summed E-state index contributed by atoms with van der Waals surface area (Å²) in [6, 6.07) is 4.57. The van der Waals surface area contributed by atoms with Gasteiger partial charge in [-0.15, -0.1) is 0 Å². The Bertz CT molecular complexity index is 1030. The molecule has 1 fully saturated rings. The number of carbonyl (C=O) groups excluding carboxylic acids is 2. The van der Waals surface area contributed by atoms with Crippen molar-refractivity contribution in [2.24, 2.45) is 5.41 Å². The van der Waals surface area contributed by atoms with Crippen LogP contribution in [0.3, 0.4) is 0 Å². The summed E-state index contributed by atoms with van der Waals surface area (Å²) in [4.78, 5) is 41.2. The molecule has 0 spiro atoms. The zero-order chi connectivity index (χ0) is 19.1. The second-order valence-electron chi connectivity index (χ2n) is 7.50. The van der Waals surface area contributed by atoms with Gasteiger partial charge in [0, 0.05) is 11.8 Å². The van der Waals surface area contributed by atoms with Crippen LogP contribution in [0, 0.1) is 24.2 Å². The van der Waals surface area contributed by atoms with Crippen LogP contribution in [-0.4, -0.2) is 21.4 Å². The van der Waals surface area contributed by atoms with Gasteiger partial charge < -0.3 is 0 Å². The van der Waals surface area contributed by atoms with Crippen LogP contribution in [0.4, 0.5) is 0 Å². The molecule has 1 aromatic carbocycles. The number of benzene rings is 1. The molecule has 6 nitrogen and oxygen atoms in total. The van der Waals surface area contributed by atoms with Gasteiger partial charge in [0.25, 0.3) is 5.56 Å². The molecule has 2 amide bonds. The molecule has 0 radical (unpaired) electrons. The van der Waals surface area contributed by atoms with Crippen LogP contribution in [0.5, 0.6) is 0 Å². The molecule has 0 saturated carbocycles. The summed E-state index contributed by atoms with van der Waals surface area (Å²) in [5, 5.41) is 2.71. The number of hydrogen-bond donors (Lipinski definition) is 1. The maximum atomic E-state index is 13.0. The monoisotopic (exact) mass is 351 g/mol. The Kier molecular flexibility index (Phi) is 4.41. The number of aromatic nitrogens is 2. The van der Waals surface area contributed by atoms with Gasteiger partial charge in [-0.2, -0.15) is 0 Å². The second kappa shape index (κ2) is 6.41. The molecule has 0 aliphatic carbocycles. The van der Waals surface area contributed by atoms with E-state index >= 15 is 0 Å². The third-order valence-electron chi connectivity index (χ3n) is 4.20. The Labute approximate surface area is 151 Å². The topological polar surface area (TPSA) is 81.1 Å². The van der Waals surface area contributed by atoms with Gasteiger partial charge in [-0.3, -0.25) is 24.3 Å². The van der Waals surface area contributed by atoms with E-state index < -0.39 is 11.9 Å². The molecule has 134 valence electrons. The van der Waals surface area contributed by atoms with Gasteiger partial charge in [-0.1, -0.05) is 17.9 Å². The molecule has 0 bridgehead atoms. The molecule has 2 aromatic rings. The van der Waals surface area contributed by atoms with Crippen LogP contribution in [0.2, 0.25) is 0 Å². The molecule has 1 saturated heterocycles. The summed E-state index contributed by atoms with van der Waals surface area (Å²) in [5.74, 6) is 5.93. The van der Waals surface area contributed by atoms with E-state index in [1.54, 1.807) is 19.1 Å². The lowest BCUT2D eigenvalue weighted by Gasteiger charge is -2.24. The summed E-state index contributed by atoms with van der Waals surface area (Å²) in [5.41, 5.74) is 0.767. The Morgan fingerprint density at radius 3 is 2.62 bits per heavy atom. The number of fused-ring (bicyclic) bond motifs is 1. The number of carbonyl (C=O) groups is 2. The summed E-state index contributed by atoms with van der Waals surface area (Å²) >= 11 is 0. The Balaban J connectivity index is 2.18. The van der Waals surface area contributed by atoms with Crippen molar-refractivity contribution in [3.8, 4) is 11.8 Å². The maximum absolute atomic E-state index is 13.0. The van der Waals surface area contributed by atoms with Crippen molar-refractivity contribution in [3.05, 3.63) is 39.9 Å². The van der Waals surface area contributed by atoms with Crippen molar-refractivity contribution in [2.75, 3.05) is 0 Å². The zero-order valence-corrected chi connectivity index (χ0v) is 15.3. The first kappa shape index (κ1) is 17.9. The lowest BCUT2D eigenvalue weighted by molar-refractivity contribution is -0.135. The summed E-state index contributed by atoms with van der Waals surface area (Å²) in [6.45, 7) is 7.73. The van der Waals surface area contributed by atoms with Gasteiger partial charge in [0.1, 0.15) is 11.9 Å². The molecule has 1 aromatic heterocycles. The molecular formula is C20H21N3O3. The highest BCUT2D eigenvalue weighted by molar-refractivity contribution is 5.99. The Hall–Kier alpha value is -2.94. The highest BCUT2D eigenvalue weighted by Crippen LogP contribution is 2.21. The van der Waals surface area contributed by atoms with E-state index in [1.807, 2.05) is 26.8 Å². The van der Waals surface area contributed by atoms with Crippen molar-refractivity contribution in [3.63, 3.8) is 0 Å². The van der Waals surface area contributed by atoms with Gasteiger partial charge >= 0.3 is 0 Å². The van der Waals surface area contributed by atoms with Crippen molar-refractivity contribution in [2.45, 2.75) is 46.6 Å². The molecule has 6 heteroatoms. The molecule has 1 aliphatic rings. The van der Waals surface area contributed by atoms with E-state index in [4.69, 9.17) is 0 Å². The number of para-hydroxylation sites is 1. The number of aryl methyl sites for hydroxylation is 1. The predicted octanol–water partition coefficient (Wildman–Crippen LogP) is 2.08. The van der Waals surface area contributed by atoms with Crippen molar-refractivity contribution in [1.82, 2.24) is 14.9 Å². The number of imide groups is 1. The molecule has 1 aliphatic heterocycles. The SMILES string of the molecule is Cc1nc2c(C#CC(C)(C)C)cccc2c(=O)n1C1CCC(=O)NC1=O. The number of nitrogens with one attached hydrogen (secondary N) is 1. The van der Waals surface area contributed by atoms with Crippen LogP contribution in [0.25, 0.3) is 10.9 Å². The highest BCUT2D eigenvalue weighted by Gasteiger charge is 2.30. The van der Waals surface area contributed by atoms with Crippen LogP contribution in [-0.2, 0) is 9.59 Å². The minimum atomic E-state index is -0.721. The van der Waals surface area contributed by atoms with E-state index in [-0.39, 0.29) is 23.3 Å². The van der Waals surface area contributed by atoms with E-state index in [0.717, 1.165) is 0 Å². The summed E-state index contributed by atoms with van der Waals surface area (Å²) < 4.78 is 1.38. The maximum Gasteiger partial charge on any atom is 0.262 e. The molecule has 3 rings (SSSR count). The third-order valence-corrected chi connectivity index (χ3v) is 4.20. The molecular weight excluding hydrogens is 330 g/mol. The first-order valence-corrected chi connectivity index (χ1v) is 8.56. The Morgan fingerprint density at radius 1 is 1.23 bits per heavy atom. The van der Waals surface area contributed by atoms with E-state index in [9.17, 15) is 14.4 Å². The second-order valence-corrected chi connectivity index (χ2v) is 7.50. The van der Waals surface area contributed by atoms with Gasteiger partial charge in [0.05, 0.1) is 16.5 Å². The molecule has 2 heterocycles. The summed E-state index contributed by atoms with van der Waals surface area (Å²) in [6.07, 6.45) is 0.500. The average molecular weight is 351 g/mol. The van der Waals surface area contributed by atoms with Gasteiger partial charge in [0.15, 0.2) is 0 Å². The molecule has 26 heavy (non-hydrogen) atoms. The minimum Gasteiger partial charge on any atom is -0.295 e. The molecule has 1 atom stereocenters. The predicted molar refractivity (Wildman–Crippen MR) is 98.5 cm³/mol. The van der Waals surface area contributed by atoms with Gasteiger partial charge in [0.2, 0.25) is 11.8 Å². The van der Waals surface area contributed by atoms with Crippen LogP contribution in [0.1, 0.15) is 51.0 Å². The Morgan fingerprint density at radius 2 is 1.96 bits per heavy atom. The lowest BCUT2D eigenvalue weighted by Crippen LogP contribution is -2.45. The fourth-order valence-corrected chi connectivity index (χ4v) is 2.98. The number of hydrogen-bond acceptors (Lipinski definition) is 4. The number of amides is 2. The zero-order valence-electron chi connectivity index (χ0n) is 15.3. The standard InChI is InChI=1S/C20H21N3O3/c1-12-21-17-13(10-11-20(2,3)4)6-5-7-14(17)19(26)23(12)15-8-9-16(24)22-18(15)25/h5-7,15H,8-9H2,1-4H3,(H,22,24,25). The fourth-order valence-electron chi connectivity index (χ4n) is 2.98. The fraction of sp³-hybridized carbons (Fsp3) is 0.400. The van der Waals surface area contributed by atoms with Crippen LogP contribution >= 0.6 is 0 Å². The minimum absolute atomic E-state index is 0.168. The normalized spacial score (nSPS) is 17.6. The van der Waals surface area contributed by atoms with Crippen LogP contribution in [0.15, 0.2) is 23.0 Å². The molecule has 1 unspecified atom stereocenters. The largest absolute Gasteiger partial charge is 0.295 e. The van der Waals surface area contributed by atoms with E-state index in [1.165, 1.54) is 4.57 Å². The highest BCUT2D eigenvalue weighted by atomic mass is 16.2. The molecule has 1 N–H and O–H groups in total. The van der Waals surface area contributed by atoms with Crippen molar-refractivity contribution >= 4 is 22.7 Å². The number of nitrogens with zero attached hydrogens (tertiary/aromatic N) is 2. The third kappa shape index (κ3) is 3.38. The quantitative estimate of drug-likeness (QED) is 0.630. The van der Waals surface area contributed by atoms with Crippen molar-refractivity contribution < 1.29 is 9.59 Å². The number of piperidine rings is 1. The van der Waals surface area contributed by atoms with E-state index in [2.05, 4.69) is 22.1 Å². The first-order valence-electron chi connectivity index (χ1n) is 8.56.